The number of aryl methyl sites for hydroxylation is 1. The van der Waals surface area contributed by atoms with Crippen LogP contribution in [0.15, 0.2) is 18.2 Å². The van der Waals surface area contributed by atoms with Crippen molar-refractivity contribution >= 4 is 0 Å². The lowest BCUT2D eigenvalue weighted by Crippen LogP contribution is -2.41. The van der Waals surface area contributed by atoms with E-state index >= 15 is 0 Å². The normalized spacial score (nSPS) is 24.0. The van der Waals surface area contributed by atoms with Crippen molar-refractivity contribution in [1.82, 2.24) is 5.32 Å². The second-order valence-corrected chi connectivity index (χ2v) is 5.86. The van der Waals surface area contributed by atoms with E-state index in [1.165, 1.54) is 11.6 Å². The summed E-state index contributed by atoms with van der Waals surface area (Å²) in [4.78, 5) is 0. The minimum absolute atomic E-state index is 0.143. The number of ether oxygens (including phenoxy) is 1. The maximum Gasteiger partial charge on any atom is 0.123 e. The maximum atomic E-state index is 13.5. The zero-order valence-electron chi connectivity index (χ0n) is 12.8. The van der Waals surface area contributed by atoms with Crippen LogP contribution in [-0.4, -0.2) is 25.3 Å². The Hall–Kier alpha value is -0.930. The Morgan fingerprint density at radius 1 is 1.45 bits per heavy atom. The van der Waals surface area contributed by atoms with Crippen molar-refractivity contribution in [1.29, 1.82) is 0 Å². The number of nitrogens with one attached hydrogen (secondary N) is 1. The Labute approximate surface area is 121 Å². The molecule has 0 radical (unpaired) electrons. The molecule has 1 fully saturated rings. The zero-order valence-corrected chi connectivity index (χ0v) is 12.8. The summed E-state index contributed by atoms with van der Waals surface area (Å²) in [5.74, 6) is 0.375. The van der Waals surface area contributed by atoms with Gasteiger partial charge in [-0.15, -0.1) is 0 Å². The van der Waals surface area contributed by atoms with Gasteiger partial charge in [0.1, 0.15) is 5.82 Å². The van der Waals surface area contributed by atoms with E-state index in [2.05, 4.69) is 26.1 Å². The van der Waals surface area contributed by atoms with Gasteiger partial charge in [0.25, 0.3) is 0 Å². The van der Waals surface area contributed by atoms with Gasteiger partial charge in [-0.3, -0.25) is 0 Å². The minimum Gasteiger partial charge on any atom is -0.378 e. The molecule has 2 nitrogen and oxygen atoms in total. The molecule has 0 aliphatic carbocycles. The van der Waals surface area contributed by atoms with Crippen LogP contribution in [0.4, 0.5) is 4.39 Å². The Kier molecular flexibility index (Phi) is 5.55. The Bertz CT molecular complexity index is 435. The third kappa shape index (κ3) is 3.80. The Morgan fingerprint density at radius 2 is 2.25 bits per heavy atom. The fourth-order valence-corrected chi connectivity index (χ4v) is 3.08. The van der Waals surface area contributed by atoms with E-state index in [1.54, 1.807) is 6.07 Å². The minimum atomic E-state index is -0.143. The van der Waals surface area contributed by atoms with Crippen molar-refractivity contribution in [2.75, 3.05) is 13.2 Å². The Balaban J connectivity index is 2.12. The van der Waals surface area contributed by atoms with Gasteiger partial charge in [0.15, 0.2) is 0 Å². The largest absolute Gasteiger partial charge is 0.378 e. The van der Waals surface area contributed by atoms with Crippen molar-refractivity contribution in [3.8, 4) is 0 Å². The lowest BCUT2D eigenvalue weighted by atomic mass is 9.87. The molecule has 1 aromatic carbocycles. The third-order valence-electron chi connectivity index (χ3n) is 4.36. The summed E-state index contributed by atoms with van der Waals surface area (Å²) in [5, 5.41) is 3.63. The highest BCUT2D eigenvalue weighted by Crippen LogP contribution is 2.27. The second kappa shape index (κ2) is 7.19. The van der Waals surface area contributed by atoms with E-state index in [1.807, 2.05) is 6.07 Å². The molecule has 1 saturated heterocycles. The first-order valence-corrected chi connectivity index (χ1v) is 7.71. The van der Waals surface area contributed by atoms with Crippen LogP contribution in [0.1, 0.15) is 37.8 Å². The molecule has 1 aromatic rings. The summed E-state index contributed by atoms with van der Waals surface area (Å²) in [6, 6.07) is 5.45. The van der Waals surface area contributed by atoms with Crippen LogP contribution < -0.4 is 5.32 Å². The molecule has 0 bridgehead atoms. The molecule has 2 rings (SSSR count). The van der Waals surface area contributed by atoms with Crippen LogP contribution in [0.25, 0.3) is 0 Å². The number of benzene rings is 1. The maximum absolute atomic E-state index is 13.5. The van der Waals surface area contributed by atoms with E-state index in [0.29, 0.717) is 18.1 Å². The topological polar surface area (TPSA) is 21.3 Å². The molecule has 112 valence electrons. The summed E-state index contributed by atoms with van der Waals surface area (Å²) in [5.41, 5.74) is 2.28. The van der Waals surface area contributed by atoms with Gasteiger partial charge in [0, 0.05) is 18.6 Å². The van der Waals surface area contributed by atoms with E-state index in [4.69, 9.17) is 4.74 Å². The van der Waals surface area contributed by atoms with Gasteiger partial charge < -0.3 is 10.1 Å². The summed E-state index contributed by atoms with van der Waals surface area (Å²) >= 11 is 0. The SMILES string of the molecule is CCCNC(Cc1cc(F)ccc1C)C1CCOC1C. The molecule has 1 aliphatic rings. The van der Waals surface area contributed by atoms with Crippen LogP contribution in [0.5, 0.6) is 0 Å². The average Bonchev–Trinajstić information content (AvgIpc) is 2.84. The van der Waals surface area contributed by atoms with Gasteiger partial charge in [-0.05, 0) is 62.9 Å². The fourth-order valence-electron chi connectivity index (χ4n) is 3.08. The van der Waals surface area contributed by atoms with Gasteiger partial charge >= 0.3 is 0 Å². The zero-order chi connectivity index (χ0) is 14.5. The van der Waals surface area contributed by atoms with Crippen molar-refractivity contribution in [2.45, 2.75) is 52.2 Å². The highest BCUT2D eigenvalue weighted by Gasteiger charge is 2.31. The fraction of sp³-hybridized carbons (Fsp3) is 0.647. The summed E-state index contributed by atoms with van der Waals surface area (Å²) < 4.78 is 19.2. The number of hydrogen-bond acceptors (Lipinski definition) is 2. The molecule has 20 heavy (non-hydrogen) atoms. The van der Waals surface area contributed by atoms with Gasteiger partial charge in [0.05, 0.1) is 6.10 Å². The summed E-state index contributed by atoms with van der Waals surface area (Å²) in [6.07, 6.45) is 3.37. The van der Waals surface area contributed by atoms with Crippen molar-refractivity contribution in [2.24, 2.45) is 5.92 Å². The number of rotatable bonds is 6. The number of hydrogen-bond donors (Lipinski definition) is 1. The molecule has 3 heteroatoms. The molecule has 0 amide bonds. The van der Waals surface area contributed by atoms with Crippen LogP contribution in [0.2, 0.25) is 0 Å². The lowest BCUT2D eigenvalue weighted by molar-refractivity contribution is 0.0953. The van der Waals surface area contributed by atoms with Crippen LogP contribution in [0, 0.1) is 18.7 Å². The monoisotopic (exact) mass is 279 g/mol. The predicted octanol–water partition coefficient (Wildman–Crippen LogP) is 3.47. The van der Waals surface area contributed by atoms with Gasteiger partial charge in [-0.25, -0.2) is 4.39 Å². The van der Waals surface area contributed by atoms with E-state index in [9.17, 15) is 4.39 Å². The first-order chi connectivity index (χ1) is 9.61. The standard InChI is InChI=1S/C17H26FNO/c1-4-8-19-17(16-7-9-20-13(16)3)11-14-10-15(18)6-5-12(14)2/h5-6,10,13,16-17,19H,4,7-9,11H2,1-3H3. The molecule has 3 unspecified atom stereocenters. The quantitative estimate of drug-likeness (QED) is 0.861. The van der Waals surface area contributed by atoms with Gasteiger partial charge in [-0.1, -0.05) is 13.0 Å². The van der Waals surface area contributed by atoms with E-state index in [0.717, 1.165) is 38.0 Å². The van der Waals surface area contributed by atoms with E-state index < -0.39 is 0 Å². The summed E-state index contributed by atoms with van der Waals surface area (Å²) in [6.45, 7) is 8.23. The van der Waals surface area contributed by atoms with Crippen molar-refractivity contribution in [3.05, 3.63) is 35.1 Å². The van der Waals surface area contributed by atoms with Crippen LogP contribution in [-0.2, 0) is 11.2 Å². The molecule has 3 atom stereocenters. The molecular formula is C17H26FNO. The molecule has 0 aromatic heterocycles. The molecule has 1 N–H and O–H groups in total. The van der Waals surface area contributed by atoms with E-state index in [-0.39, 0.29) is 5.82 Å². The highest BCUT2D eigenvalue weighted by molar-refractivity contribution is 5.27. The van der Waals surface area contributed by atoms with Gasteiger partial charge in [0.2, 0.25) is 0 Å². The summed E-state index contributed by atoms with van der Waals surface area (Å²) in [7, 11) is 0. The van der Waals surface area contributed by atoms with Crippen LogP contribution >= 0.6 is 0 Å². The number of halogens is 1. The van der Waals surface area contributed by atoms with Crippen molar-refractivity contribution in [3.63, 3.8) is 0 Å². The molecule has 0 spiro atoms. The lowest BCUT2D eigenvalue weighted by Gasteiger charge is -2.27. The second-order valence-electron chi connectivity index (χ2n) is 5.86. The predicted molar refractivity (Wildman–Crippen MR) is 80.4 cm³/mol. The molecule has 0 saturated carbocycles. The highest BCUT2D eigenvalue weighted by atomic mass is 19.1. The first-order valence-electron chi connectivity index (χ1n) is 7.71. The first kappa shape index (κ1) is 15.5. The Morgan fingerprint density at radius 3 is 2.90 bits per heavy atom. The van der Waals surface area contributed by atoms with Crippen LogP contribution in [0.3, 0.4) is 0 Å². The molecular weight excluding hydrogens is 253 g/mol. The van der Waals surface area contributed by atoms with Crippen molar-refractivity contribution < 1.29 is 9.13 Å². The smallest absolute Gasteiger partial charge is 0.123 e. The third-order valence-corrected chi connectivity index (χ3v) is 4.36. The van der Waals surface area contributed by atoms with Gasteiger partial charge in [-0.2, -0.15) is 0 Å². The molecule has 1 heterocycles. The average molecular weight is 279 g/mol. The molecule has 1 aliphatic heterocycles.